The van der Waals surface area contributed by atoms with E-state index >= 15 is 0 Å². The summed E-state index contributed by atoms with van der Waals surface area (Å²) in [7, 11) is -3.38. The van der Waals surface area contributed by atoms with Gasteiger partial charge in [-0.2, -0.15) is 0 Å². The van der Waals surface area contributed by atoms with Crippen molar-refractivity contribution in [3.05, 3.63) is 12.0 Å². The standard InChI is InChI=1S/C6H9N5O2S/c1-14(12,13)11-3-10-6-4(5(11)7)8-2-9-6/h2-3,5H,7H2,1H3,(H,8,9). The molecule has 0 aromatic carbocycles. The van der Waals surface area contributed by atoms with Gasteiger partial charge in [-0.05, 0) is 0 Å². The predicted octanol–water partition coefficient (Wildman–Crippen LogP) is -0.698. The molecule has 76 valence electrons. The summed E-state index contributed by atoms with van der Waals surface area (Å²) in [5.74, 6) is 0.428. The van der Waals surface area contributed by atoms with Crippen LogP contribution in [0.25, 0.3) is 0 Å². The summed E-state index contributed by atoms with van der Waals surface area (Å²) in [4.78, 5) is 10.5. The van der Waals surface area contributed by atoms with Gasteiger partial charge in [-0.1, -0.05) is 0 Å². The summed E-state index contributed by atoms with van der Waals surface area (Å²) < 4.78 is 23.5. The molecule has 2 rings (SSSR count). The molecule has 0 bridgehead atoms. The summed E-state index contributed by atoms with van der Waals surface area (Å²) >= 11 is 0. The van der Waals surface area contributed by atoms with Crippen molar-refractivity contribution in [2.45, 2.75) is 6.17 Å². The Morgan fingerprint density at radius 1 is 1.64 bits per heavy atom. The number of aromatic amines is 1. The van der Waals surface area contributed by atoms with Crippen molar-refractivity contribution < 1.29 is 8.42 Å². The Hall–Kier alpha value is -1.41. The smallest absolute Gasteiger partial charge is 0.234 e. The molecule has 0 saturated heterocycles. The van der Waals surface area contributed by atoms with Gasteiger partial charge in [-0.25, -0.2) is 22.7 Å². The van der Waals surface area contributed by atoms with Gasteiger partial charge in [0.15, 0.2) is 5.82 Å². The van der Waals surface area contributed by atoms with E-state index in [-0.39, 0.29) is 0 Å². The van der Waals surface area contributed by atoms with E-state index in [4.69, 9.17) is 5.73 Å². The maximum atomic E-state index is 11.2. The maximum absolute atomic E-state index is 11.2. The van der Waals surface area contributed by atoms with Gasteiger partial charge in [-0.3, -0.25) is 0 Å². The fourth-order valence-corrected chi connectivity index (χ4v) is 1.96. The second-order valence-electron chi connectivity index (χ2n) is 2.92. The molecule has 14 heavy (non-hydrogen) atoms. The zero-order valence-corrected chi connectivity index (χ0v) is 8.19. The quantitative estimate of drug-likeness (QED) is 0.646. The summed E-state index contributed by atoms with van der Waals surface area (Å²) in [6.07, 6.45) is 2.89. The van der Waals surface area contributed by atoms with Crippen LogP contribution in [0.5, 0.6) is 0 Å². The minimum Gasteiger partial charge on any atom is -0.344 e. The Kier molecular flexibility index (Phi) is 1.82. The summed E-state index contributed by atoms with van der Waals surface area (Å²) in [5.41, 5.74) is 6.20. The third-order valence-electron chi connectivity index (χ3n) is 1.89. The van der Waals surface area contributed by atoms with Crippen LogP contribution in [0.4, 0.5) is 5.82 Å². The van der Waals surface area contributed by atoms with Crippen molar-refractivity contribution in [3.63, 3.8) is 0 Å². The first kappa shape index (κ1) is 9.16. The number of fused-ring (bicyclic) bond motifs is 1. The van der Waals surface area contributed by atoms with Crippen LogP contribution in [0.3, 0.4) is 0 Å². The minimum absolute atomic E-state index is 0.428. The SMILES string of the molecule is CS(=O)(=O)N1C=Nc2nc[nH]c2C1N. The highest BCUT2D eigenvalue weighted by atomic mass is 32.2. The molecule has 7 nitrogen and oxygen atoms in total. The number of imidazole rings is 1. The van der Waals surface area contributed by atoms with Gasteiger partial charge in [0.2, 0.25) is 10.0 Å². The third-order valence-corrected chi connectivity index (χ3v) is 2.98. The largest absolute Gasteiger partial charge is 0.344 e. The van der Waals surface area contributed by atoms with Crippen LogP contribution in [0.2, 0.25) is 0 Å². The Balaban J connectivity index is 2.48. The Bertz CT molecular complexity index is 476. The van der Waals surface area contributed by atoms with Gasteiger partial charge in [0.25, 0.3) is 0 Å². The third kappa shape index (κ3) is 1.28. The molecular weight excluding hydrogens is 206 g/mol. The first-order valence-corrected chi connectivity index (χ1v) is 5.66. The lowest BCUT2D eigenvalue weighted by molar-refractivity contribution is 0.447. The highest BCUT2D eigenvalue weighted by molar-refractivity contribution is 7.88. The molecule has 1 aliphatic rings. The zero-order valence-electron chi connectivity index (χ0n) is 7.38. The topological polar surface area (TPSA) is 104 Å². The fourth-order valence-electron chi connectivity index (χ4n) is 1.22. The number of hydrogen-bond donors (Lipinski definition) is 2. The van der Waals surface area contributed by atoms with Gasteiger partial charge in [0, 0.05) is 0 Å². The van der Waals surface area contributed by atoms with Crippen LogP contribution < -0.4 is 5.73 Å². The molecule has 0 radical (unpaired) electrons. The van der Waals surface area contributed by atoms with Crippen molar-refractivity contribution in [2.75, 3.05) is 6.26 Å². The van der Waals surface area contributed by atoms with E-state index in [2.05, 4.69) is 15.0 Å². The van der Waals surface area contributed by atoms with E-state index in [0.29, 0.717) is 11.5 Å². The highest BCUT2D eigenvalue weighted by Crippen LogP contribution is 2.27. The number of nitrogens with zero attached hydrogens (tertiary/aromatic N) is 3. The lowest BCUT2D eigenvalue weighted by atomic mass is 10.3. The molecule has 0 aliphatic carbocycles. The number of aromatic nitrogens is 2. The number of hydrogen-bond acceptors (Lipinski definition) is 5. The molecule has 0 saturated carbocycles. The van der Waals surface area contributed by atoms with E-state index in [1.165, 1.54) is 12.7 Å². The lowest BCUT2D eigenvalue weighted by Gasteiger charge is -2.26. The number of rotatable bonds is 1. The number of nitrogens with two attached hydrogens (primary N) is 1. The van der Waals surface area contributed by atoms with Crippen molar-refractivity contribution in [1.29, 1.82) is 0 Å². The maximum Gasteiger partial charge on any atom is 0.234 e. The lowest BCUT2D eigenvalue weighted by Crippen LogP contribution is -2.39. The molecule has 1 atom stereocenters. The molecule has 3 N–H and O–H groups in total. The molecule has 8 heteroatoms. The van der Waals surface area contributed by atoms with Crippen LogP contribution in [-0.2, 0) is 10.0 Å². The number of aliphatic imine (C=N–C) groups is 1. The zero-order chi connectivity index (χ0) is 10.3. The fraction of sp³-hybridized carbons (Fsp3) is 0.333. The second kappa shape index (κ2) is 2.79. The average molecular weight is 215 g/mol. The second-order valence-corrected chi connectivity index (χ2v) is 4.81. The Labute approximate surface area is 80.7 Å². The normalized spacial score (nSPS) is 21.0. The van der Waals surface area contributed by atoms with Crippen molar-refractivity contribution in [3.8, 4) is 0 Å². The van der Waals surface area contributed by atoms with Crippen LogP contribution in [0, 0.1) is 0 Å². The molecule has 0 amide bonds. The summed E-state index contributed by atoms with van der Waals surface area (Å²) in [6, 6.07) is 0. The van der Waals surface area contributed by atoms with Gasteiger partial charge in [0.05, 0.1) is 12.6 Å². The van der Waals surface area contributed by atoms with Gasteiger partial charge in [0.1, 0.15) is 18.2 Å². The Morgan fingerprint density at radius 2 is 2.36 bits per heavy atom. The van der Waals surface area contributed by atoms with Crippen LogP contribution >= 0.6 is 0 Å². The van der Waals surface area contributed by atoms with Crippen molar-refractivity contribution in [1.82, 2.24) is 14.3 Å². The first-order chi connectivity index (χ1) is 6.50. The van der Waals surface area contributed by atoms with E-state index in [9.17, 15) is 8.42 Å². The molecule has 1 aliphatic heterocycles. The van der Waals surface area contributed by atoms with Gasteiger partial charge in [-0.15, -0.1) is 0 Å². The molecule has 0 fully saturated rings. The van der Waals surface area contributed by atoms with Crippen molar-refractivity contribution in [2.24, 2.45) is 10.7 Å². The van der Waals surface area contributed by atoms with E-state index in [0.717, 1.165) is 10.6 Å². The highest BCUT2D eigenvalue weighted by Gasteiger charge is 2.28. The molecule has 1 aromatic heterocycles. The average Bonchev–Trinajstić information content (AvgIpc) is 2.50. The van der Waals surface area contributed by atoms with Crippen LogP contribution in [-0.4, -0.2) is 35.3 Å². The van der Waals surface area contributed by atoms with E-state index < -0.39 is 16.2 Å². The summed E-state index contributed by atoms with van der Waals surface area (Å²) in [6.45, 7) is 0. The number of nitrogens with one attached hydrogen (secondary N) is 1. The van der Waals surface area contributed by atoms with Gasteiger partial charge >= 0.3 is 0 Å². The molecule has 2 heterocycles. The number of H-pyrrole nitrogens is 1. The first-order valence-electron chi connectivity index (χ1n) is 3.81. The monoisotopic (exact) mass is 215 g/mol. The van der Waals surface area contributed by atoms with E-state index in [1.54, 1.807) is 0 Å². The molecular formula is C6H9N5O2S. The van der Waals surface area contributed by atoms with Crippen molar-refractivity contribution >= 4 is 22.2 Å². The predicted molar refractivity (Wildman–Crippen MR) is 50.4 cm³/mol. The minimum atomic E-state index is -3.38. The van der Waals surface area contributed by atoms with Gasteiger partial charge < -0.3 is 10.7 Å². The van der Waals surface area contributed by atoms with Crippen LogP contribution in [0.1, 0.15) is 11.9 Å². The Morgan fingerprint density at radius 3 is 3.00 bits per heavy atom. The molecule has 1 unspecified atom stereocenters. The number of sulfonamides is 1. The molecule has 1 aromatic rings. The van der Waals surface area contributed by atoms with E-state index in [1.807, 2.05) is 0 Å². The summed E-state index contributed by atoms with van der Waals surface area (Å²) in [5, 5.41) is 0. The molecule has 0 spiro atoms. The van der Waals surface area contributed by atoms with Crippen LogP contribution in [0.15, 0.2) is 11.3 Å².